The molecule has 0 aromatic rings. The molecule has 19 heavy (non-hydrogen) atoms. The highest BCUT2D eigenvalue weighted by molar-refractivity contribution is 5.10. The molecule has 2 nitrogen and oxygen atoms in total. The predicted molar refractivity (Wildman–Crippen MR) is 76.9 cm³/mol. The molecule has 3 rings (SSSR count). The predicted octanol–water partition coefficient (Wildman–Crippen LogP) is 3.77. The third-order valence-electron chi connectivity index (χ3n) is 6.88. The summed E-state index contributed by atoms with van der Waals surface area (Å²) in [5, 5.41) is 9.49. The first kappa shape index (κ1) is 13.9. The first-order valence-electron chi connectivity index (χ1n) is 8.10. The largest absolute Gasteiger partial charge is 0.394 e. The molecule has 3 fully saturated rings. The van der Waals surface area contributed by atoms with Gasteiger partial charge in [0.05, 0.1) is 18.3 Å². The summed E-state index contributed by atoms with van der Waals surface area (Å²) in [5.41, 5.74) is 0.913. The molecule has 0 amide bonds. The van der Waals surface area contributed by atoms with E-state index in [0.29, 0.717) is 16.7 Å². The molecule has 1 saturated heterocycles. The fraction of sp³-hybridized carbons (Fsp3) is 1.00. The maximum absolute atomic E-state index is 9.49. The lowest BCUT2D eigenvalue weighted by molar-refractivity contribution is -0.157. The third kappa shape index (κ3) is 1.90. The number of aliphatic hydroxyl groups excluding tert-OH is 1. The van der Waals surface area contributed by atoms with E-state index in [-0.39, 0.29) is 18.3 Å². The molecule has 0 aromatic carbocycles. The van der Waals surface area contributed by atoms with Crippen LogP contribution in [0.2, 0.25) is 0 Å². The van der Waals surface area contributed by atoms with Crippen molar-refractivity contribution in [1.29, 1.82) is 0 Å². The van der Waals surface area contributed by atoms with E-state index >= 15 is 0 Å². The molecule has 5 atom stereocenters. The zero-order valence-electron chi connectivity index (χ0n) is 13.0. The van der Waals surface area contributed by atoms with Crippen molar-refractivity contribution in [3.63, 3.8) is 0 Å². The monoisotopic (exact) mass is 266 g/mol. The van der Waals surface area contributed by atoms with E-state index < -0.39 is 0 Å². The van der Waals surface area contributed by atoms with Crippen LogP contribution in [0.25, 0.3) is 0 Å². The van der Waals surface area contributed by atoms with Gasteiger partial charge in [-0.15, -0.1) is 0 Å². The first-order valence-corrected chi connectivity index (χ1v) is 8.10. The highest BCUT2D eigenvalue weighted by Crippen LogP contribution is 2.65. The maximum Gasteiger partial charge on any atom is 0.0817 e. The van der Waals surface area contributed by atoms with E-state index in [9.17, 15) is 5.11 Å². The van der Waals surface area contributed by atoms with Crippen molar-refractivity contribution in [3.05, 3.63) is 0 Å². The van der Waals surface area contributed by atoms with E-state index in [1.165, 1.54) is 32.1 Å². The normalized spacial score (nSPS) is 52.6. The van der Waals surface area contributed by atoms with Crippen LogP contribution in [0.15, 0.2) is 0 Å². The van der Waals surface area contributed by atoms with Crippen LogP contribution < -0.4 is 0 Å². The molecule has 1 unspecified atom stereocenters. The second-order valence-corrected chi connectivity index (χ2v) is 8.46. The van der Waals surface area contributed by atoms with Crippen LogP contribution in [0, 0.1) is 22.7 Å². The average Bonchev–Trinajstić information content (AvgIpc) is 2.66. The summed E-state index contributed by atoms with van der Waals surface area (Å²) < 4.78 is 6.23. The Bertz CT molecular complexity index is 364. The summed E-state index contributed by atoms with van der Waals surface area (Å²) in [6.45, 7) is 9.95. The molecule has 2 saturated carbocycles. The summed E-state index contributed by atoms with van der Waals surface area (Å²) >= 11 is 0. The molecular formula is C17H30O2. The number of rotatable bonds is 1. The Morgan fingerprint density at radius 1 is 1.05 bits per heavy atom. The van der Waals surface area contributed by atoms with Gasteiger partial charge in [0.25, 0.3) is 0 Å². The SMILES string of the molecule is CC1(C)CCC[C@@]2(C)C1CC[C@@]1(C)O[C@H](CO)C[C@@H]12. The minimum Gasteiger partial charge on any atom is -0.394 e. The van der Waals surface area contributed by atoms with Crippen LogP contribution in [-0.4, -0.2) is 23.4 Å². The fourth-order valence-electron chi connectivity index (χ4n) is 6.07. The van der Waals surface area contributed by atoms with Crippen molar-refractivity contribution in [1.82, 2.24) is 0 Å². The third-order valence-corrected chi connectivity index (χ3v) is 6.88. The number of aliphatic hydroxyl groups is 1. The van der Waals surface area contributed by atoms with Gasteiger partial charge in [-0.2, -0.15) is 0 Å². The second kappa shape index (κ2) is 4.21. The Morgan fingerprint density at radius 2 is 1.79 bits per heavy atom. The lowest BCUT2D eigenvalue weighted by Crippen LogP contribution is -2.55. The second-order valence-electron chi connectivity index (χ2n) is 8.46. The van der Waals surface area contributed by atoms with Crippen LogP contribution in [0.1, 0.15) is 66.2 Å². The van der Waals surface area contributed by atoms with E-state index in [1.54, 1.807) is 0 Å². The van der Waals surface area contributed by atoms with Gasteiger partial charge in [-0.05, 0) is 61.7 Å². The van der Waals surface area contributed by atoms with Gasteiger partial charge in [0.2, 0.25) is 0 Å². The maximum atomic E-state index is 9.49. The van der Waals surface area contributed by atoms with Crippen LogP contribution >= 0.6 is 0 Å². The molecule has 0 bridgehead atoms. The Morgan fingerprint density at radius 3 is 2.47 bits per heavy atom. The van der Waals surface area contributed by atoms with Gasteiger partial charge in [-0.1, -0.05) is 27.2 Å². The Hall–Kier alpha value is -0.0800. The smallest absolute Gasteiger partial charge is 0.0817 e. The topological polar surface area (TPSA) is 29.5 Å². The van der Waals surface area contributed by atoms with Crippen molar-refractivity contribution in [2.75, 3.05) is 6.61 Å². The summed E-state index contributed by atoms with van der Waals surface area (Å²) in [4.78, 5) is 0. The van der Waals surface area contributed by atoms with E-state index in [1.807, 2.05) is 0 Å². The van der Waals surface area contributed by atoms with Crippen molar-refractivity contribution >= 4 is 0 Å². The molecule has 3 aliphatic rings. The first-order chi connectivity index (χ1) is 8.82. The lowest BCUT2D eigenvalue weighted by atomic mass is 9.45. The van der Waals surface area contributed by atoms with Crippen LogP contribution in [-0.2, 0) is 4.74 Å². The fourth-order valence-corrected chi connectivity index (χ4v) is 6.07. The summed E-state index contributed by atoms with van der Waals surface area (Å²) in [6.07, 6.45) is 7.71. The Kier molecular flexibility index (Phi) is 3.07. The van der Waals surface area contributed by atoms with Gasteiger partial charge >= 0.3 is 0 Å². The van der Waals surface area contributed by atoms with Gasteiger partial charge < -0.3 is 9.84 Å². The molecule has 1 N–H and O–H groups in total. The highest BCUT2D eigenvalue weighted by Gasteiger charge is 2.61. The van der Waals surface area contributed by atoms with Crippen LogP contribution in [0.4, 0.5) is 0 Å². The van der Waals surface area contributed by atoms with E-state index in [4.69, 9.17) is 4.74 Å². The Balaban J connectivity index is 1.94. The Labute approximate surface area is 117 Å². The van der Waals surface area contributed by atoms with Gasteiger partial charge in [-0.3, -0.25) is 0 Å². The van der Waals surface area contributed by atoms with Crippen LogP contribution in [0.3, 0.4) is 0 Å². The molecule has 2 aliphatic carbocycles. The summed E-state index contributed by atoms with van der Waals surface area (Å²) in [7, 11) is 0. The average molecular weight is 266 g/mol. The number of fused-ring (bicyclic) bond motifs is 3. The minimum absolute atomic E-state index is 0.0199. The zero-order chi connectivity index (χ0) is 13.9. The number of hydrogen-bond acceptors (Lipinski definition) is 2. The van der Waals surface area contributed by atoms with Crippen molar-refractivity contribution in [2.24, 2.45) is 22.7 Å². The van der Waals surface area contributed by atoms with Crippen molar-refractivity contribution < 1.29 is 9.84 Å². The molecule has 1 heterocycles. The molecule has 2 heteroatoms. The highest BCUT2D eigenvalue weighted by atomic mass is 16.5. The molecule has 110 valence electrons. The van der Waals surface area contributed by atoms with Gasteiger partial charge in [0.15, 0.2) is 0 Å². The lowest BCUT2D eigenvalue weighted by Gasteiger charge is -2.60. The van der Waals surface area contributed by atoms with Crippen LogP contribution in [0.5, 0.6) is 0 Å². The summed E-state index contributed by atoms with van der Waals surface area (Å²) in [6, 6.07) is 0. The minimum atomic E-state index is 0.0199. The number of ether oxygens (including phenoxy) is 1. The summed E-state index contributed by atoms with van der Waals surface area (Å²) in [5.74, 6) is 1.46. The molecule has 0 spiro atoms. The van der Waals surface area contributed by atoms with E-state index in [0.717, 1.165) is 12.3 Å². The van der Waals surface area contributed by atoms with Gasteiger partial charge in [-0.25, -0.2) is 0 Å². The quantitative estimate of drug-likeness (QED) is 0.783. The van der Waals surface area contributed by atoms with Gasteiger partial charge in [0.1, 0.15) is 0 Å². The van der Waals surface area contributed by atoms with Crippen molar-refractivity contribution in [2.45, 2.75) is 77.9 Å². The van der Waals surface area contributed by atoms with Crippen molar-refractivity contribution in [3.8, 4) is 0 Å². The molecule has 1 aliphatic heterocycles. The van der Waals surface area contributed by atoms with E-state index in [2.05, 4.69) is 27.7 Å². The molecule has 0 aromatic heterocycles. The van der Waals surface area contributed by atoms with Gasteiger partial charge in [0, 0.05) is 0 Å². The molecular weight excluding hydrogens is 236 g/mol. The zero-order valence-corrected chi connectivity index (χ0v) is 13.0. The molecule has 0 radical (unpaired) electrons. The standard InChI is InChI=1S/C17H30O2/c1-15(2)7-5-8-16(3)13(15)6-9-17(4)14(16)10-12(11-18)19-17/h12-14,18H,5-11H2,1-4H3/t12-,13?,14+,16-,17+/m0/s1. The number of hydrogen-bond donors (Lipinski definition) is 1.